The van der Waals surface area contributed by atoms with E-state index in [0.717, 1.165) is 36.6 Å². The number of amides is 1. The zero-order valence-corrected chi connectivity index (χ0v) is 19.0. The highest BCUT2D eigenvalue weighted by Crippen LogP contribution is 2.38. The first-order valence-electron chi connectivity index (χ1n) is 10.8. The van der Waals surface area contributed by atoms with Gasteiger partial charge in [-0.2, -0.15) is 5.10 Å². The molecule has 0 saturated carbocycles. The molecule has 0 spiro atoms. The number of nitrogens with one attached hydrogen (secondary N) is 1. The number of nitrogens with zero attached hydrogens (tertiary/aromatic N) is 3. The number of para-hydroxylation sites is 1. The summed E-state index contributed by atoms with van der Waals surface area (Å²) in [6, 6.07) is 12.4. The lowest BCUT2D eigenvalue weighted by Gasteiger charge is -2.12. The van der Waals surface area contributed by atoms with Crippen molar-refractivity contribution < 1.29 is 19.2 Å². The molecule has 0 unspecified atom stereocenters. The van der Waals surface area contributed by atoms with E-state index in [1.165, 1.54) is 19.4 Å². The Morgan fingerprint density at radius 3 is 2.70 bits per heavy atom. The van der Waals surface area contributed by atoms with E-state index in [-0.39, 0.29) is 17.2 Å². The first-order chi connectivity index (χ1) is 16.0. The molecule has 0 bridgehead atoms. The molecule has 2 aromatic carbocycles. The summed E-state index contributed by atoms with van der Waals surface area (Å²) in [5.74, 6) is -0.0599. The van der Waals surface area contributed by atoms with Crippen molar-refractivity contribution in [3.05, 3.63) is 63.8 Å². The zero-order valence-electron chi connectivity index (χ0n) is 19.0. The maximum Gasteiger partial charge on any atom is 0.315 e. The average molecular weight is 453 g/mol. The van der Waals surface area contributed by atoms with Crippen molar-refractivity contribution >= 4 is 28.7 Å². The second kappa shape index (κ2) is 11.1. The minimum Gasteiger partial charge on any atom is -0.493 e. The molecule has 0 aliphatic rings. The summed E-state index contributed by atoms with van der Waals surface area (Å²) < 4.78 is 12.8. The number of unbranched alkanes of at least 4 members (excludes halogenated alkanes) is 3. The fourth-order valence-electron chi connectivity index (χ4n) is 3.55. The van der Waals surface area contributed by atoms with E-state index in [4.69, 9.17) is 9.47 Å². The SMILES string of the molecule is CCCCCCOc1c(OC)cc(/C=N/NC(=O)c2cc3ccccc3n2C)cc1[N+](=O)[O-]. The maximum atomic E-state index is 12.6. The van der Waals surface area contributed by atoms with Crippen LogP contribution in [0, 0.1) is 10.1 Å². The Balaban J connectivity index is 1.75. The third kappa shape index (κ3) is 5.68. The monoisotopic (exact) mass is 452 g/mol. The second-order valence-corrected chi connectivity index (χ2v) is 7.58. The minimum absolute atomic E-state index is 0.0932. The maximum absolute atomic E-state index is 12.6. The number of hydrogen-bond acceptors (Lipinski definition) is 6. The number of hydrazone groups is 1. The van der Waals surface area contributed by atoms with Crippen molar-refractivity contribution in [2.24, 2.45) is 12.1 Å². The first kappa shape index (κ1) is 23.8. The third-order valence-corrected chi connectivity index (χ3v) is 5.28. The molecule has 33 heavy (non-hydrogen) atoms. The van der Waals surface area contributed by atoms with Gasteiger partial charge < -0.3 is 14.0 Å². The van der Waals surface area contributed by atoms with Crippen molar-refractivity contribution in [3.63, 3.8) is 0 Å². The second-order valence-electron chi connectivity index (χ2n) is 7.58. The summed E-state index contributed by atoms with van der Waals surface area (Å²) in [5, 5.41) is 16.5. The van der Waals surface area contributed by atoms with Gasteiger partial charge in [0.05, 0.1) is 24.9 Å². The molecule has 1 aromatic heterocycles. The molecule has 0 saturated heterocycles. The lowest BCUT2D eigenvalue weighted by molar-refractivity contribution is -0.386. The Labute approximate surface area is 192 Å². The number of rotatable bonds is 11. The van der Waals surface area contributed by atoms with E-state index in [1.54, 1.807) is 23.7 Å². The Kier molecular flexibility index (Phi) is 8.01. The van der Waals surface area contributed by atoms with Crippen LogP contribution >= 0.6 is 0 Å². The van der Waals surface area contributed by atoms with Gasteiger partial charge in [0.25, 0.3) is 5.91 Å². The molecule has 1 N–H and O–H groups in total. The van der Waals surface area contributed by atoms with Gasteiger partial charge in [-0.05, 0) is 24.6 Å². The summed E-state index contributed by atoms with van der Waals surface area (Å²) in [6.45, 7) is 2.48. The fourth-order valence-corrected chi connectivity index (χ4v) is 3.55. The van der Waals surface area contributed by atoms with Crippen LogP contribution in [0.25, 0.3) is 10.9 Å². The van der Waals surface area contributed by atoms with Gasteiger partial charge >= 0.3 is 5.69 Å². The van der Waals surface area contributed by atoms with Gasteiger partial charge in [-0.15, -0.1) is 0 Å². The third-order valence-electron chi connectivity index (χ3n) is 5.28. The van der Waals surface area contributed by atoms with Crippen LogP contribution in [0.2, 0.25) is 0 Å². The molecule has 0 radical (unpaired) electrons. The van der Waals surface area contributed by atoms with E-state index in [2.05, 4.69) is 17.5 Å². The van der Waals surface area contributed by atoms with E-state index in [0.29, 0.717) is 17.9 Å². The highest BCUT2D eigenvalue weighted by atomic mass is 16.6. The lowest BCUT2D eigenvalue weighted by Crippen LogP contribution is -2.20. The van der Waals surface area contributed by atoms with Crippen LogP contribution in [0.4, 0.5) is 5.69 Å². The molecular formula is C24H28N4O5. The lowest BCUT2D eigenvalue weighted by atomic mass is 10.1. The molecule has 174 valence electrons. The van der Waals surface area contributed by atoms with Gasteiger partial charge in [0.2, 0.25) is 5.75 Å². The number of carbonyl (C=O) groups excluding carboxylic acids is 1. The summed E-state index contributed by atoms with van der Waals surface area (Å²) in [6.07, 6.45) is 5.31. The quantitative estimate of drug-likeness (QED) is 0.194. The largest absolute Gasteiger partial charge is 0.493 e. The minimum atomic E-state index is -0.519. The number of aryl methyl sites for hydroxylation is 1. The topological polar surface area (TPSA) is 108 Å². The zero-order chi connectivity index (χ0) is 23.8. The standard InChI is InChI=1S/C24H28N4O5/c1-4-5-6-9-12-33-23-20(28(30)31)13-17(14-22(23)32-3)16-25-26-24(29)21-15-18-10-7-8-11-19(18)27(21)2/h7-8,10-11,13-16H,4-6,9,12H2,1-3H3,(H,26,29)/b25-16+. The van der Waals surface area contributed by atoms with Crippen molar-refractivity contribution in [2.45, 2.75) is 32.6 Å². The summed E-state index contributed by atoms with van der Waals surface area (Å²) in [7, 11) is 3.22. The number of hydrogen-bond donors (Lipinski definition) is 1. The number of ether oxygens (including phenoxy) is 2. The summed E-state index contributed by atoms with van der Waals surface area (Å²) in [5.41, 5.74) is 4.03. The molecule has 0 aliphatic carbocycles. The molecule has 9 nitrogen and oxygen atoms in total. The molecule has 1 amide bonds. The van der Waals surface area contributed by atoms with Gasteiger partial charge in [-0.25, -0.2) is 5.43 Å². The number of methoxy groups -OCH3 is 1. The average Bonchev–Trinajstić information content (AvgIpc) is 3.15. The fraction of sp³-hybridized carbons (Fsp3) is 0.333. The number of benzene rings is 2. The molecule has 0 aliphatic heterocycles. The molecule has 3 rings (SSSR count). The van der Waals surface area contributed by atoms with E-state index in [1.807, 2.05) is 24.3 Å². The highest BCUT2D eigenvalue weighted by molar-refractivity contribution is 5.99. The number of aromatic nitrogens is 1. The summed E-state index contributed by atoms with van der Waals surface area (Å²) >= 11 is 0. The Bertz CT molecular complexity index is 1170. The van der Waals surface area contributed by atoms with Gasteiger partial charge in [0.1, 0.15) is 5.69 Å². The van der Waals surface area contributed by atoms with E-state index < -0.39 is 10.8 Å². The highest BCUT2D eigenvalue weighted by Gasteiger charge is 2.22. The molecule has 3 aromatic rings. The molecular weight excluding hydrogens is 424 g/mol. The molecule has 9 heteroatoms. The summed E-state index contributed by atoms with van der Waals surface area (Å²) in [4.78, 5) is 23.7. The predicted molar refractivity (Wildman–Crippen MR) is 127 cm³/mol. The van der Waals surface area contributed by atoms with Crippen LogP contribution in [0.15, 0.2) is 47.6 Å². The van der Waals surface area contributed by atoms with Crippen LogP contribution in [-0.2, 0) is 7.05 Å². The normalized spacial score (nSPS) is 11.1. The Hall–Kier alpha value is -3.88. The van der Waals surface area contributed by atoms with Crippen LogP contribution in [0.5, 0.6) is 11.5 Å². The van der Waals surface area contributed by atoms with Crippen LogP contribution in [0.3, 0.4) is 0 Å². The van der Waals surface area contributed by atoms with Gasteiger partial charge in [-0.3, -0.25) is 14.9 Å². The molecule has 1 heterocycles. The molecule has 0 atom stereocenters. The predicted octanol–water partition coefficient (Wildman–Crippen LogP) is 4.82. The Morgan fingerprint density at radius 1 is 1.21 bits per heavy atom. The van der Waals surface area contributed by atoms with Crippen LogP contribution in [0.1, 0.15) is 48.7 Å². The van der Waals surface area contributed by atoms with Gasteiger partial charge in [0.15, 0.2) is 5.75 Å². The number of carbonyl (C=O) groups is 1. The first-order valence-corrected chi connectivity index (χ1v) is 10.8. The number of nitro benzene ring substituents is 1. The van der Waals surface area contributed by atoms with Crippen LogP contribution < -0.4 is 14.9 Å². The van der Waals surface area contributed by atoms with Crippen molar-refractivity contribution in [1.29, 1.82) is 0 Å². The van der Waals surface area contributed by atoms with Crippen molar-refractivity contribution in [1.82, 2.24) is 9.99 Å². The molecule has 0 fully saturated rings. The number of nitro groups is 1. The van der Waals surface area contributed by atoms with E-state index in [9.17, 15) is 14.9 Å². The van der Waals surface area contributed by atoms with Gasteiger partial charge in [-0.1, -0.05) is 44.4 Å². The van der Waals surface area contributed by atoms with Crippen molar-refractivity contribution in [3.8, 4) is 11.5 Å². The van der Waals surface area contributed by atoms with Crippen LogP contribution in [-0.4, -0.2) is 35.3 Å². The number of fused-ring (bicyclic) bond motifs is 1. The smallest absolute Gasteiger partial charge is 0.315 e. The van der Waals surface area contributed by atoms with Crippen molar-refractivity contribution in [2.75, 3.05) is 13.7 Å². The van der Waals surface area contributed by atoms with Gasteiger partial charge in [0, 0.05) is 29.6 Å². The van der Waals surface area contributed by atoms with E-state index >= 15 is 0 Å². The Morgan fingerprint density at radius 2 is 2.00 bits per heavy atom.